The SMILES string of the molecule is Cc1ncc(-c2cnc(OCC(C)C)c(F)c2)c(N2CCC(C)(C)CC2)c1[C@H](OC(C)(C)C)C(=O)O. The summed E-state index contributed by atoms with van der Waals surface area (Å²) in [6, 6.07) is 1.39. The number of hydrogen-bond donors (Lipinski definition) is 1. The van der Waals surface area contributed by atoms with Gasteiger partial charge in [-0.25, -0.2) is 14.2 Å². The van der Waals surface area contributed by atoms with Crippen LogP contribution in [0, 0.1) is 24.1 Å². The van der Waals surface area contributed by atoms with Gasteiger partial charge in [0.15, 0.2) is 11.9 Å². The van der Waals surface area contributed by atoms with Crippen LogP contribution in [-0.4, -0.2) is 46.3 Å². The zero-order valence-electron chi connectivity index (χ0n) is 22.8. The molecule has 2 aromatic rings. The number of anilines is 1. The number of carboxylic acid groups (broad SMARTS) is 1. The molecule has 1 atom stereocenters. The molecule has 1 aliphatic rings. The Labute approximate surface area is 214 Å². The number of rotatable bonds is 8. The number of halogens is 1. The van der Waals surface area contributed by atoms with Gasteiger partial charge in [-0.2, -0.15) is 0 Å². The van der Waals surface area contributed by atoms with E-state index in [1.807, 2.05) is 34.6 Å². The van der Waals surface area contributed by atoms with E-state index in [2.05, 4.69) is 28.7 Å². The lowest BCUT2D eigenvalue weighted by molar-refractivity contribution is -0.160. The molecule has 0 aliphatic carbocycles. The first-order valence-electron chi connectivity index (χ1n) is 12.6. The van der Waals surface area contributed by atoms with Crippen LogP contribution in [0.5, 0.6) is 5.88 Å². The van der Waals surface area contributed by atoms with Crippen LogP contribution in [0.1, 0.15) is 78.7 Å². The predicted octanol–water partition coefficient (Wildman–Crippen LogP) is 6.19. The first-order valence-corrected chi connectivity index (χ1v) is 12.6. The van der Waals surface area contributed by atoms with Crippen LogP contribution in [0.2, 0.25) is 0 Å². The summed E-state index contributed by atoms with van der Waals surface area (Å²) in [6.07, 6.45) is 3.90. The molecular formula is C28H40FN3O4. The fraction of sp³-hybridized carbons (Fsp3) is 0.607. The summed E-state index contributed by atoms with van der Waals surface area (Å²) >= 11 is 0. The summed E-state index contributed by atoms with van der Waals surface area (Å²) in [6.45, 7) is 17.6. The molecule has 0 saturated carbocycles. The molecule has 0 unspecified atom stereocenters. The maximum atomic E-state index is 15.0. The van der Waals surface area contributed by atoms with Gasteiger partial charge in [0.2, 0.25) is 5.88 Å². The molecule has 0 spiro atoms. The van der Waals surface area contributed by atoms with E-state index < -0.39 is 23.5 Å². The van der Waals surface area contributed by atoms with Gasteiger partial charge in [-0.1, -0.05) is 27.7 Å². The number of aromatic nitrogens is 2. The van der Waals surface area contributed by atoms with E-state index in [0.29, 0.717) is 34.7 Å². The number of aryl methyl sites for hydroxylation is 1. The molecule has 1 saturated heterocycles. The van der Waals surface area contributed by atoms with Gasteiger partial charge in [0.05, 0.1) is 17.9 Å². The molecule has 1 fully saturated rings. The van der Waals surface area contributed by atoms with Crippen molar-refractivity contribution in [2.45, 2.75) is 79.9 Å². The minimum absolute atomic E-state index is 0.0477. The van der Waals surface area contributed by atoms with E-state index in [1.165, 1.54) is 6.07 Å². The minimum Gasteiger partial charge on any atom is -0.479 e. The molecule has 1 aliphatic heterocycles. The average molecular weight is 502 g/mol. The summed E-state index contributed by atoms with van der Waals surface area (Å²) in [5.74, 6) is -1.47. The van der Waals surface area contributed by atoms with Crippen molar-refractivity contribution in [3.05, 3.63) is 35.5 Å². The number of piperidine rings is 1. The first-order chi connectivity index (χ1) is 16.7. The summed E-state index contributed by atoms with van der Waals surface area (Å²) < 4.78 is 26.6. The molecule has 8 heteroatoms. The molecule has 198 valence electrons. The smallest absolute Gasteiger partial charge is 0.337 e. The second-order valence-electron chi connectivity index (χ2n) is 11.8. The number of hydrogen-bond acceptors (Lipinski definition) is 6. The van der Waals surface area contributed by atoms with Gasteiger partial charge >= 0.3 is 5.97 Å². The van der Waals surface area contributed by atoms with E-state index >= 15 is 4.39 Å². The van der Waals surface area contributed by atoms with Gasteiger partial charge in [-0.15, -0.1) is 0 Å². The van der Waals surface area contributed by atoms with Crippen molar-refractivity contribution in [3.63, 3.8) is 0 Å². The Morgan fingerprint density at radius 2 is 1.83 bits per heavy atom. The van der Waals surface area contributed by atoms with Gasteiger partial charge in [-0.3, -0.25) is 4.98 Å². The molecule has 0 radical (unpaired) electrons. The van der Waals surface area contributed by atoms with Gasteiger partial charge < -0.3 is 19.5 Å². The lowest BCUT2D eigenvalue weighted by atomic mass is 9.82. The fourth-order valence-electron chi connectivity index (χ4n) is 4.32. The van der Waals surface area contributed by atoms with E-state index in [-0.39, 0.29) is 17.2 Å². The highest BCUT2D eigenvalue weighted by Gasteiger charge is 2.36. The monoisotopic (exact) mass is 501 g/mol. The third kappa shape index (κ3) is 6.72. The molecule has 1 N–H and O–H groups in total. The van der Waals surface area contributed by atoms with Crippen LogP contribution in [-0.2, 0) is 9.53 Å². The topological polar surface area (TPSA) is 84.8 Å². The summed E-state index contributed by atoms with van der Waals surface area (Å²) in [5.41, 5.74) is 2.41. The Morgan fingerprint density at radius 3 is 2.36 bits per heavy atom. The van der Waals surface area contributed by atoms with Gasteiger partial charge in [0, 0.05) is 47.9 Å². The van der Waals surface area contributed by atoms with E-state index in [4.69, 9.17) is 9.47 Å². The summed E-state index contributed by atoms with van der Waals surface area (Å²) in [4.78, 5) is 23.4. The Hall–Kier alpha value is -2.74. The van der Waals surface area contributed by atoms with E-state index in [0.717, 1.165) is 25.9 Å². The normalized spacial score (nSPS) is 16.8. The van der Waals surface area contributed by atoms with Gasteiger partial charge in [0.1, 0.15) is 0 Å². The molecule has 0 bridgehead atoms. The lowest BCUT2D eigenvalue weighted by Crippen LogP contribution is -2.39. The van der Waals surface area contributed by atoms with Crippen molar-refractivity contribution in [3.8, 4) is 17.0 Å². The maximum Gasteiger partial charge on any atom is 0.337 e. The molecule has 36 heavy (non-hydrogen) atoms. The number of carboxylic acids is 1. The van der Waals surface area contributed by atoms with Crippen LogP contribution in [0.4, 0.5) is 10.1 Å². The molecule has 0 amide bonds. The summed E-state index contributed by atoms with van der Waals surface area (Å²) in [5, 5.41) is 10.2. The number of ether oxygens (including phenoxy) is 2. The summed E-state index contributed by atoms with van der Waals surface area (Å²) in [7, 11) is 0. The predicted molar refractivity (Wildman–Crippen MR) is 139 cm³/mol. The standard InChI is InChI=1S/C28H40FN3O4/c1-17(2)16-35-25-21(29)13-19(14-31-25)20-15-30-18(3)22(24(26(33)34)36-27(4,5)6)23(20)32-11-9-28(7,8)10-12-32/h13-15,17,24H,9-12,16H2,1-8H3,(H,33,34)/t24-/m0/s1. The Morgan fingerprint density at radius 1 is 1.19 bits per heavy atom. The highest BCUT2D eigenvalue weighted by atomic mass is 19.1. The van der Waals surface area contributed by atoms with Crippen LogP contribution in [0.15, 0.2) is 18.5 Å². The Balaban J connectivity index is 2.18. The van der Waals surface area contributed by atoms with Crippen molar-refractivity contribution in [2.24, 2.45) is 11.3 Å². The highest BCUT2D eigenvalue weighted by molar-refractivity contribution is 5.86. The zero-order valence-corrected chi connectivity index (χ0v) is 22.8. The van der Waals surface area contributed by atoms with E-state index in [9.17, 15) is 9.90 Å². The fourth-order valence-corrected chi connectivity index (χ4v) is 4.32. The van der Waals surface area contributed by atoms with Crippen LogP contribution >= 0.6 is 0 Å². The van der Waals surface area contributed by atoms with Crippen molar-refractivity contribution in [1.29, 1.82) is 0 Å². The molecule has 3 heterocycles. The average Bonchev–Trinajstić information content (AvgIpc) is 2.76. The second-order valence-corrected chi connectivity index (χ2v) is 11.8. The van der Waals surface area contributed by atoms with E-state index in [1.54, 1.807) is 19.3 Å². The van der Waals surface area contributed by atoms with Gasteiger partial charge in [0.25, 0.3) is 0 Å². The molecule has 3 rings (SSSR count). The molecular weight excluding hydrogens is 461 g/mol. The lowest BCUT2D eigenvalue weighted by Gasteiger charge is -2.40. The van der Waals surface area contributed by atoms with Crippen molar-refractivity contribution in [1.82, 2.24) is 9.97 Å². The number of aliphatic carboxylic acids is 1. The van der Waals surface area contributed by atoms with Gasteiger partial charge in [-0.05, 0) is 57.9 Å². The molecule has 7 nitrogen and oxygen atoms in total. The van der Waals surface area contributed by atoms with Crippen molar-refractivity contribution >= 4 is 11.7 Å². The van der Waals surface area contributed by atoms with Crippen LogP contribution < -0.4 is 9.64 Å². The Kier molecular flexibility index (Phi) is 8.28. The quantitative estimate of drug-likeness (QED) is 0.461. The van der Waals surface area contributed by atoms with Crippen molar-refractivity contribution < 1.29 is 23.8 Å². The van der Waals surface area contributed by atoms with Crippen LogP contribution in [0.25, 0.3) is 11.1 Å². The Bertz CT molecular complexity index is 1080. The zero-order chi connectivity index (χ0) is 26.8. The second kappa shape index (κ2) is 10.7. The number of pyridine rings is 2. The molecule has 0 aromatic carbocycles. The largest absolute Gasteiger partial charge is 0.479 e. The number of nitrogens with zero attached hydrogens (tertiary/aromatic N) is 3. The maximum absolute atomic E-state index is 15.0. The molecule has 2 aromatic heterocycles. The van der Waals surface area contributed by atoms with Crippen LogP contribution in [0.3, 0.4) is 0 Å². The third-order valence-electron chi connectivity index (χ3n) is 6.35. The third-order valence-corrected chi connectivity index (χ3v) is 6.35. The minimum atomic E-state index is -1.23. The number of carbonyl (C=O) groups is 1. The first kappa shape index (κ1) is 27.8. The van der Waals surface area contributed by atoms with Crippen molar-refractivity contribution in [2.75, 3.05) is 24.6 Å². The highest BCUT2D eigenvalue weighted by Crippen LogP contribution is 2.43.